The Morgan fingerprint density at radius 3 is 2.71 bits per heavy atom. The molecule has 2 N–H and O–H groups in total. The summed E-state index contributed by atoms with van der Waals surface area (Å²) in [6.07, 6.45) is 1.38. The van der Waals surface area contributed by atoms with Crippen LogP contribution in [0.2, 0.25) is 0 Å². The van der Waals surface area contributed by atoms with E-state index >= 15 is 0 Å². The smallest absolute Gasteiger partial charge is 0.354 e. The summed E-state index contributed by atoms with van der Waals surface area (Å²) in [6.45, 7) is 0.422. The number of aromatic carboxylic acids is 1. The lowest BCUT2D eigenvalue weighted by Gasteiger charge is -2.12. The second kappa shape index (κ2) is 8.62. The highest BCUT2D eigenvalue weighted by Gasteiger charge is 2.12. The highest BCUT2D eigenvalue weighted by molar-refractivity contribution is 5.85. The van der Waals surface area contributed by atoms with Crippen molar-refractivity contribution in [3.05, 3.63) is 66.0 Å². The Kier molecular flexibility index (Phi) is 5.57. The molecule has 0 saturated carbocycles. The topological polar surface area (TPSA) is 116 Å². The number of nitrogens with zero attached hydrogens (tertiary/aromatic N) is 2. The lowest BCUT2D eigenvalue weighted by molar-refractivity contribution is 0.0690. The zero-order valence-electron chi connectivity index (χ0n) is 16.8. The fraction of sp³-hybridized carbons (Fsp3) is 0.136. The van der Waals surface area contributed by atoms with Crippen LogP contribution >= 0.6 is 0 Å². The minimum atomic E-state index is -1.13. The second-order valence-electron chi connectivity index (χ2n) is 6.44. The van der Waals surface area contributed by atoms with Crippen molar-refractivity contribution in [2.24, 2.45) is 0 Å². The number of para-hydroxylation sites is 1. The molecule has 0 radical (unpaired) electrons. The molecule has 2 aromatic heterocycles. The van der Waals surface area contributed by atoms with Crippen molar-refractivity contribution < 1.29 is 28.5 Å². The lowest BCUT2D eigenvalue weighted by Crippen LogP contribution is -2.03. The fourth-order valence-electron chi connectivity index (χ4n) is 3.04. The number of oxazole rings is 1. The molecular formula is C22H19N3O6. The summed E-state index contributed by atoms with van der Waals surface area (Å²) in [5.41, 5.74) is 1.95. The minimum Gasteiger partial charge on any atom is -0.493 e. The predicted molar refractivity (Wildman–Crippen MR) is 112 cm³/mol. The largest absolute Gasteiger partial charge is 0.493 e. The molecule has 0 aliphatic rings. The lowest BCUT2D eigenvalue weighted by atomic mass is 10.2. The monoisotopic (exact) mass is 421 g/mol. The number of benzene rings is 2. The van der Waals surface area contributed by atoms with E-state index in [-0.39, 0.29) is 5.69 Å². The quantitative estimate of drug-likeness (QED) is 0.428. The third kappa shape index (κ3) is 4.35. The number of carbonyl (C=O) groups is 1. The molecule has 0 aliphatic carbocycles. The van der Waals surface area contributed by atoms with Gasteiger partial charge in [0, 0.05) is 30.4 Å². The van der Waals surface area contributed by atoms with Gasteiger partial charge in [0.05, 0.1) is 14.2 Å². The number of anilines is 1. The van der Waals surface area contributed by atoms with Crippen LogP contribution in [0.25, 0.3) is 11.1 Å². The molecule has 9 nitrogen and oxygen atoms in total. The van der Waals surface area contributed by atoms with E-state index < -0.39 is 5.97 Å². The molecule has 2 aromatic carbocycles. The molecule has 9 heteroatoms. The Balaban J connectivity index is 1.51. The number of methoxy groups -OCH3 is 2. The maximum atomic E-state index is 11.1. The molecule has 0 atom stereocenters. The minimum absolute atomic E-state index is 0.0994. The molecule has 158 valence electrons. The first-order valence-corrected chi connectivity index (χ1v) is 9.29. The van der Waals surface area contributed by atoms with Crippen LogP contribution < -0.4 is 19.5 Å². The maximum absolute atomic E-state index is 11.1. The average molecular weight is 421 g/mol. The van der Waals surface area contributed by atoms with Crippen molar-refractivity contribution in [1.29, 1.82) is 0 Å². The molecule has 0 fully saturated rings. The molecule has 0 amide bonds. The van der Waals surface area contributed by atoms with E-state index in [1.165, 1.54) is 12.3 Å². The summed E-state index contributed by atoms with van der Waals surface area (Å²) in [5.74, 6) is 0.993. The van der Waals surface area contributed by atoms with Gasteiger partial charge in [0.2, 0.25) is 0 Å². The third-order valence-electron chi connectivity index (χ3n) is 4.46. The second-order valence-corrected chi connectivity index (χ2v) is 6.44. The Morgan fingerprint density at radius 1 is 1.10 bits per heavy atom. The number of hydrogen-bond donors (Lipinski definition) is 2. The van der Waals surface area contributed by atoms with Crippen LogP contribution in [0.4, 0.5) is 6.01 Å². The number of carboxylic acid groups (broad SMARTS) is 1. The predicted octanol–water partition coefficient (Wildman–Crippen LogP) is 4.34. The number of hydrogen-bond acceptors (Lipinski definition) is 8. The number of rotatable bonds is 8. The summed E-state index contributed by atoms with van der Waals surface area (Å²) in [4.78, 5) is 19.2. The molecule has 31 heavy (non-hydrogen) atoms. The van der Waals surface area contributed by atoms with Gasteiger partial charge >= 0.3 is 5.97 Å². The molecule has 0 aliphatic heterocycles. The number of fused-ring (bicyclic) bond motifs is 1. The highest BCUT2D eigenvalue weighted by Crippen LogP contribution is 2.32. The summed E-state index contributed by atoms with van der Waals surface area (Å²) in [7, 11) is 3.18. The number of carboxylic acids is 1. The van der Waals surface area contributed by atoms with Crippen molar-refractivity contribution in [2.75, 3.05) is 19.5 Å². The first-order valence-electron chi connectivity index (χ1n) is 9.29. The molecule has 4 rings (SSSR count). The third-order valence-corrected chi connectivity index (χ3v) is 4.46. The summed E-state index contributed by atoms with van der Waals surface area (Å²) < 4.78 is 22.3. The van der Waals surface area contributed by atoms with E-state index in [1.807, 2.05) is 18.2 Å². The SMILES string of the molecule is COc1cccc(CNc2nc3ccc(Oc4ccnc(C(=O)O)c4)cc3o2)c1OC. The Labute approximate surface area is 177 Å². The van der Waals surface area contributed by atoms with Crippen molar-refractivity contribution in [3.63, 3.8) is 0 Å². The Morgan fingerprint density at radius 2 is 1.94 bits per heavy atom. The molecule has 0 spiro atoms. The number of nitrogens with one attached hydrogen (secondary N) is 1. The number of pyridine rings is 1. The first-order chi connectivity index (χ1) is 15.1. The Bertz CT molecular complexity index is 1240. The van der Waals surface area contributed by atoms with Crippen molar-refractivity contribution in [2.45, 2.75) is 6.54 Å². The van der Waals surface area contributed by atoms with Gasteiger partial charge < -0.3 is 29.1 Å². The molecule has 4 aromatic rings. The van der Waals surface area contributed by atoms with Gasteiger partial charge in [-0.15, -0.1) is 0 Å². The molecule has 0 unspecified atom stereocenters. The van der Waals surface area contributed by atoms with E-state index in [0.29, 0.717) is 46.7 Å². The number of aromatic nitrogens is 2. The van der Waals surface area contributed by atoms with Crippen LogP contribution in [0.5, 0.6) is 23.0 Å². The fourth-order valence-corrected chi connectivity index (χ4v) is 3.04. The van der Waals surface area contributed by atoms with Crippen molar-refractivity contribution >= 4 is 23.1 Å². The zero-order valence-corrected chi connectivity index (χ0v) is 16.8. The first kappa shape index (κ1) is 20.0. The van der Waals surface area contributed by atoms with Crippen LogP contribution in [-0.4, -0.2) is 35.3 Å². The standard InChI is InChI=1S/C22H19N3O6/c1-28-18-5-3-4-13(20(18)29-2)12-24-22-25-16-7-6-14(11-19(16)31-22)30-15-8-9-23-17(10-15)21(26)27/h3-11H,12H2,1-2H3,(H,24,25)(H,26,27). The highest BCUT2D eigenvalue weighted by atomic mass is 16.5. The van der Waals surface area contributed by atoms with Gasteiger partial charge in [0.1, 0.15) is 17.0 Å². The van der Waals surface area contributed by atoms with Gasteiger partial charge in [0.15, 0.2) is 22.8 Å². The van der Waals surface area contributed by atoms with Crippen molar-refractivity contribution in [1.82, 2.24) is 9.97 Å². The molecule has 0 saturated heterocycles. The summed E-state index contributed by atoms with van der Waals surface area (Å²) >= 11 is 0. The maximum Gasteiger partial charge on any atom is 0.354 e. The van der Waals surface area contributed by atoms with Crippen LogP contribution in [-0.2, 0) is 6.54 Å². The average Bonchev–Trinajstić information content (AvgIpc) is 3.19. The van der Waals surface area contributed by atoms with Gasteiger partial charge in [-0.05, 0) is 24.3 Å². The van der Waals surface area contributed by atoms with E-state index in [2.05, 4.69) is 15.3 Å². The van der Waals surface area contributed by atoms with Gasteiger partial charge in [0.25, 0.3) is 6.01 Å². The van der Waals surface area contributed by atoms with E-state index in [1.54, 1.807) is 38.5 Å². The Hall–Kier alpha value is -4.27. The molecular weight excluding hydrogens is 402 g/mol. The van der Waals surface area contributed by atoms with Crippen LogP contribution in [0.1, 0.15) is 16.1 Å². The summed E-state index contributed by atoms with van der Waals surface area (Å²) in [6, 6.07) is 14.0. The van der Waals surface area contributed by atoms with Crippen LogP contribution in [0.15, 0.2) is 59.1 Å². The molecule has 2 heterocycles. The van der Waals surface area contributed by atoms with Gasteiger partial charge in [-0.3, -0.25) is 0 Å². The van der Waals surface area contributed by atoms with Crippen LogP contribution in [0, 0.1) is 0 Å². The van der Waals surface area contributed by atoms with E-state index in [0.717, 1.165) is 5.56 Å². The van der Waals surface area contributed by atoms with E-state index in [4.69, 9.17) is 23.7 Å². The number of ether oxygens (including phenoxy) is 3. The van der Waals surface area contributed by atoms with Gasteiger partial charge in [-0.25, -0.2) is 9.78 Å². The van der Waals surface area contributed by atoms with Crippen molar-refractivity contribution in [3.8, 4) is 23.0 Å². The van der Waals surface area contributed by atoms with E-state index in [9.17, 15) is 4.79 Å². The normalized spacial score (nSPS) is 10.6. The van der Waals surface area contributed by atoms with Crippen LogP contribution in [0.3, 0.4) is 0 Å². The van der Waals surface area contributed by atoms with Gasteiger partial charge in [-0.2, -0.15) is 4.98 Å². The molecule has 0 bridgehead atoms. The van der Waals surface area contributed by atoms with Gasteiger partial charge in [-0.1, -0.05) is 12.1 Å². The zero-order chi connectivity index (χ0) is 21.8. The summed E-state index contributed by atoms with van der Waals surface area (Å²) in [5, 5.41) is 12.2.